The molecule has 0 radical (unpaired) electrons. The monoisotopic (exact) mass is 387 g/mol. The molecular formula is C17H25NO7S. The van der Waals surface area contributed by atoms with E-state index in [-0.39, 0.29) is 26.3 Å². The molecule has 0 fully saturated rings. The molecule has 0 heterocycles. The largest absolute Gasteiger partial charge is 0.459 e. The number of esters is 1. The summed E-state index contributed by atoms with van der Waals surface area (Å²) in [6.45, 7) is 4.33. The van der Waals surface area contributed by atoms with Gasteiger partial charge < -0.3 is 9.47 Å². The molecule has 0 aliphatic carbocycles. The first-order chi connectivity index (χ1) is 12.0. The summed E-state index contributed by atoms with van der Waals surface area (Å²) in [5.41, 5.74) is 0.0744. The fourth-order valence-electron chi connectivity index (χ4n) is 1.87. The average Bonchev–Trinajstić information content (AvgIpc) is 2.49. The van der Waals surface area contributed by atoms with Gasteiger partial charge in [-0.05, 0) is 26.3 Å². The molecule has 1 rings (SSSR count). The Morgan fingerprint density at radius 1 is 1.12 bits per heavy atom. The smallest absolute Gasteiger partial charge is 0.410 e. The molecule has 26 heavy (non-hydrogen) atoms. The van der Waals surface area contributed by atoms with E-state index in [0.717, 1.165) is 16.7 Å². The Morgan fingerprint density at radius 3 is 2.27 bits per heavy atom. The van der Waals surface area contributed by atoms with Crippen LogP contribution in [0.25, 0.3) is 0 Å². The van der Waals surface area contributed by atoms with Crippen molar-refractivity contribution in [3.63, 3.8) is 0 Å². The number of hydrogen-bond donors (Lipinski definition) is 0. The van der Waals surface area contributed by atoms with Crippen molar-refractivity contribution in [1.29, 1.82) is 0 Å². The molecule has 8 nitrogen and oxygen atoms in total. The van der Waals surface area contributed by atoms with Crippen molar-refractivity contribution in [2.75, 3.05) is 26.0 Å². The van der Waals surface area contributed by atoms with E-state index in [2.05, 4.69) is 4.18 Å². The van der Waals surface area contributed by atoms with Crippen LogP contribution in [0.3, 0.4) is 0 Å². The van der Waals surface area contributed by atoms with E-state index in [1.165, 1.54) is 0 Å². The van der Waals surface area contributed by atoms with Gasteiger partial charge in [0.25, 0.3) is 10.1 Å². The predicted molar refractivity (Wildman–Crippen MR) is 94.8 cm³/mol. The highest BCUT2D eigenvalue weighted by molar-refractivity contribution is 7.85. The molecule has 0 bridgehead atoms. The minimum absolute atomic E-state index is 0.0252. The third kappa shape index (κ3) is 10.00. The Kier molecular flexibility index (Phi) is 8.04. The maximum absolute atomic E-state index is 12.3. The normalized spacial score (nSPS) is 11.7. The van der Waals surface area contributed by atoms with Crippen LogP contribution >= 0.6 is 0 Å². The summed E-state index contributed by atoms with van der Waals surface area (Å²) in [5, 5.41) is 0. The second-order valence-corrected chi connectivity index (χ2v) is 8.22. The number of carbonyl (C=O) groups is 2. The first-order valence-corrected chi connectivity index (χ1v) is 9.80. The zero-order valence-electron chi connectivity index (χ0n) is 15.4. The van der Waals surface area contributed by atoms with Gasteiger partial charge in [-0.2, -0.15) is 8.42 Å². The van der Waals surface area contributed by atoms with E-state index in [1.54, 1.807) is 32.9 Å². The second kappa shape index (κ2) is 9.54. The summed E-state index contributed by atoms with van der Waals surface area (Å²) in [6, 6.07) is 9.03. The zero-order valence-corrected chi connectivity index (χ0v) is 16.2. The summed E-state index contributed by atoms with van der Waals surface area (Å²) < 4.78 is 37.1. The van der Waals surface area contributed by atoms with Gasteiger partial charge in [0.1, 0.15) is 18.8 Å². The number of hydrogen-bond acceptors (Lipinski definition) is 7. The van der Waals surface area contributed by atoms with Crippen LogP contribution in [0.1, 0.15) is 26.3 Å². The molecule has 0 saturated heterocycles. The van der Waals surface area contributed by atoms with Crippen molar-refractivity contribution in [3.8, 4) is 0 Å². The first kappa shape index (κ1) is 21.9. The van der Waals surface area contributed by atoms with Crippen molar-refractivity contribution < 1.29 is 31.7 Å². The van der Waals surface area contributed by atoms with E-state index in [1.807, 2.05) is 18.2 Å². The Bertz CT molecular complexity index is 696. The maximum atomic E-state index is 12.3. The quantitative estimate of drug-likeness (QED) is 0.496. The van der Waals surface area contributed by atoms with Crippen LogP contribution in [0, 0.1) is 0 Å². The molecule has 0 aromatic heterocycles. The lowest BCUT2D eigenvalue weighted by Crippen LogP contribution is -2.41. The number of carbonyl (C=O) groups excluding carboxylic acids is 2. The Hall–Kier alpha value is -2.13. The van der Waals surface area contributed by atoms with Crippen LogP contribution in [0.4, 0.5) is 4.79 Å². The summed E-state index contributed by atoms with van der Waals surface area (Å²) in [6.07, 6.45) is 0.135. The minimum atomic E-state index is -3.65. The highest BCUT2D eigenvalue weighted by Gasteiger charge is 2.23. The molecule has 9 heteroatoms. The van der Waals surface area contributed by atoms with Gasteiger partial charge in [-0.25, -0.2) is 4.79 Å². The van der Waals surface area contributed by atoms with Gasteiger partial charge >= 0.3 is 12.1 Å². The highest BCUT2D eigenvalue weighted by Crippen LogP contribution is 2.09. The molecule has 1 amide bonds. The van der Waals surface area contributed by atoms with Gasteiger partial charge in [-0.3, -0.25) is 13.9 Å². The molecule has 0 unspecified atom stereocenters. The lowest BCUT2D eigenvalue weighted by molar-refractivity contribution is -0.155. The van der Waals surface area contributed by atoms with E-state index in [0.29, 0.717) is 0 Å². The van der Waals surface area contributed by atoms with Gasteiger partial charge in [-0.15, -0.1) is 0 Å². The second-order valence-electron chi connectivity index (χ2n) is 6.57. The molecule has 0 spiro atoms. The lowest BCUT2D eigenvalue weighted by atomic mass is 10.2. The van der Waals surface area contributed by atoms with Gasteiger partial charge in [0.15, 0.2) is 0 Å². The van der Waals surface area contributed by atoms with E-state index in [9.17, 15) is 18.0 Å². The fourth-order valence-corrected chi connectivity index (χ4v) is 2.25. The van der Waals surface area contributed by atoms with Crippen molar-refractivity contribution >= 4 is 22.2 Å². The van der Waals surface area contributed by atoms with Gasteiger partial charge in [0.2, 0.25) is 0 Å². The summed E-state index contributed by atoms with van der Waals surface area (Å²) in [5.74, 6) is -0.631. The standard InChI is InChI=1S/C17H25NO7S/c1-17(2,3)25-15(19)12-18(10-11-24-26(4,21)22)16(20)23-13-14-8-6-5-7-9-14/h5-9H,10-13H2,1-4H3. The van der Waals surface area contributed by atoms with Crippen LogP contribution in [0.5, 0.6) is 0 Å². The number of ether oxygens (including phenoxy) is 2. The van der Waals surface area contributed by atoms with E-state index in [4.69, 9.17) is 9.47 Å². The van der Waals surface area contributed by atoms with Crippen LogP contribution in [0.2, 0.25) is 0 Å². The Labute approximate surface area is 154 Å². The van der Waals surface area contributed by atoms with Crippen molar-refractivity contribution in [3.05, 3.63) is 35.9 Å². The third-order valence-electron chi connectivity index (χ3n) is 2.86. The number of amides is 1. The van der Waals surface area contributed by atoms with Crippen LogP contribution < -0.4 is 0 Å². The van der Waals surface area contributed by atoms with Crippen molar-refractivity contribution in [2.45, 2.75) is 33.0 Å². The number of benzene rings is 1. The Morgan fingerprint density at radius 2 is 1.73 bits per heavy atom. The first-order valence-electron chi connectivity index (χ1n) is 7.98. The predicted octanol–water partition coefficient (Wildman–Crippen LogP) is 1.94. The average molecular weight is 387 g/mol. The molecule has 0 N–H and O–H groups in total. The van der Waals surface area contributed by atoms with Gasteiger partial charge in [-0.1, -0.05) is 30.3 Å². The summed E-state index contributed by atoms with van der Waals surface area (Å²) in [7, 11) is -3.65. The van der Waals surface area contributed by atoms with Crippen LogP contribution in [0.15, 0.2) is 30.3 Å². The number of rotatable bonds is 8. The van der Waals surface area contributed by atoms with Gasteiger partial charge in [0.05, 0.1) is 12.9 Å². The molecule has 0 aliphatic heterocycles. The molecule has 1 aromatic carbocycles. The van der Waals surface area contributed by atoms with Crippen LogP contribution in [-0.2, 0) is 35.2 Å². The van der Waals surface area contributed by atoms with Crippen LogP contribution in [-0.4, -0.2) is 56.9 Å². The van der Waals surface area contributed by atoms with Crippen molar-refractivity contribution in [2.24, 2.45) is 0 Å². The SMILES string of the molecule is CC(C)(C)OC(=O)CN(CCOS(C)(=O)=O)C(=O)OCc1ccccc1. The lowest BCUT2D eigenvalue weighted by Gasteiger charge is -2.24. The summed E-state index contributed by atoms with van der Waals surface area (Å²) >= 11 is 0. The molecular weight excluding hydrogens is 362 g/mol. The Balaban J connectivity index is 2.68. The maximum Gasteiger partial charge on any atom is 0.410 e. The van der Waals surface area contributed by atoms with Crippen molar-refractivity contribution in [1.82, 2.24) is 4.90 Å². The topological polar surface area (TPSA) is 99.2 Å². The van der Waals surface area contributed by atoms with Gasteiger partial charge in [0, 0.05) is 6.54 Å². The molecule has 0 atom stereocenters. The minimum Gasteiger partial charge on any atom is -0.459 e. The van der Waals surface area contributed by atoms with E-state index < -0.39 is 27.8 Å². The fraction of sp³-hybridized carbons (Fsp3) is 0.529. The third-order valence-corrected chi connectivity index (χ3v) is 3.46. The molecule has 0 saturated carbocycles. The molecule has 0 aliphatic rings. The zero-order chi connectivity index (χ0) is 19.8. The molecule has 146 valence electrons. The summed E-state index contributed by atoms with van der Waals surface area (Å²) in [4.78, 5) is 25.3. The number of nitrogens with zero attached hydrogens (tertiary/aromatic N) is 1. The van der Waals surface area contributed by atoms with E-state index >= 15 is 0 Å². The highest BCUT2D eigenvalue weighted by atomic mass is 32.2. The molecule has 1 aromatic rings.